The van der Waals surface area contributed by atoms with Gasteiger partial charge in [-0.05, 0) is 24.2 Å². The first-order valence-electron chi connectivity index (χ1n) is 4.24. The largest absolute Gasteiger partial charge is 0.381 e. The zero-order valence-corrected chi connectivity index (χ0v) is 7.31. The Balaban J connectivity index is 1.97. The second-order valence-electron chi connectivity index (χ2n) is 3.96. The van der Waals surface area contributed by atoms with Crippen LogP contribution in [0.5, 0.6) is 0 Å². The highest BCUT2D eigenvalue weighted by Crippen LogP contribution is 2.51. The van der Waals surface area contributed by atoms with Crippen molar-refractivity contribution >= 4 is 0 Å². The molecule has 1 atom stereocenters. The fraction of sp³-hybridized carbons (Fsp3) is 1.00. The molecule has 1 nitrogen and oxygen atoms in total. The van der Waals surface area contributed by atoms with Crippen molar-refractivity contribution in [2.24, 2.45) is 11.3 Å². The summed E-state index contributed by atoms with van der Waals surface area (Å²) < 4.78 is 5.44. The molecular formula is C9H18O. The van der Waals surface area contributed by atoms with E-state index in [9.17, 15) is 0 Å². The van der Waals surface area contributed by atoms with Gasteiger partial charge in [0.25, 0.3) is 0 Å². The Morgan fingerprint density at radius 1 is 1.50 bits per heavy atom. The summed E-state index contributed by atoms with van der Waals surface area (Å²) in [5.41, 5.74) is 0.591. The number of rotatable bonds is 4. The maximum atomic E-state index is 5.44. The first-order valence-corrected chi connectivity index (χ1v) is 4.24. The molecule has 0 bridgehead atoms. The Morgan fingerprint density at radius 3 is 2.50 bits per heavy atom. The molecular weight excluding hydrogens is 124 g/mol. The maximum absolute atomic E-state index is 5.44. The SMILES string of the molecule is CCCOCC1CC1(C)C. The average molecular weight is 142 g/mol. The van der Waals surface area contributed by atoms with E-state index in [0.29, 0.717) is 5.41 Å². The minimum Gasteiger partial charge on any atom is -0.381 e. The molecule has 0 aliphatic heterocycles. The molecule has 0 N–H and O–H groups in total. The van der Waals surface area contributed by atoms with Gasteiger partial charge in [-0.2, -0.15) is 0 Å². The second-order valence-corrected chi connectivity index (χ2v) is 3.96. The second kappa shape index (κ2) is 2.91. The van der Waals surface area contributed by atoms with Crippen LogP contribution in [0.1, 0.15) is 33.6 Å². The molecule has 1 aliphatic carbocycles. The molecule has 0 aromatic rings. The number of hydrogen-bond acceptors (Lipinski definition) is 1. The molecule has 0 spiro atoms. The van der Waals surface area contributed by atoms with Gasteiger partial charge in [0.2, 0.25) is 0 Å². The lowest BCUT2D eigenvalue weighted by Gasteiger charge is -2.03. The quantitative estimate of drug-likeness (QED) is 0.548. The smallest absolute Gasteiger partial charge is 0.0499 e. The highest BCUT2D eigenvalue weighted by atomic mass is 16.5. The molecule has 1 aliphatic rings. The van der Waals surface area contributed by atoms with Crippen molar-refractivity contribution in [3.63, 3.8) is 0 Å². The van der Waals surface area contributed by atoms with Crippen LogP contribution in [0.4, 0.5) is 0 Å². The van der Waals surface area contributed by atoms with Crippen molar-refractivity contribution in [1.29, 1.82) is 0 Å². The molecule has 10 heavy (non-hydrogen) atoms. The monoisotopic (exact) mass is 142 g/mol. The number of ether oxygens (including phenoxy) is 1. The third-order valence-corrected chi connectivity index (χ3v) is 2.39. The molecule has 0 heterocycles. The Bertz CT molecular complexity index is 107. The molecule has 60 valence electrons. The minimum atomic E-state index is 0.591. The summed E-state index contributed by atoms with van der Waals surface area (Å²) in [4.78, 5) is 0. The van der Waals surface area contributed by atoms with Crippen molar-refractivity contribution in [1.82, 2.24) is 0 Å². The van der Waals surface area contributed by atoms with E-state index in [1.54, 1.807) is 0 Å². The van der Waals surface area contributed by atoms with Gasteiger partial charge in [0.15, 0.2) is 0 Å². The van der Waals surface area contributed by atoms with Gasteiger partial charge in [-0.3, -0.25) is 0 Å². The van der Waals surface area contributed by atoms with E-state index < -0.39 is 0 Å². The van der Waals surface area contributed by atoms with Crippen LogP contribution >= 0.6 is 0 Å². The van der Waals surface area contributed by atoms with Gasteiger partial charge in [0.05, 0.1) is 0 Å². The van der Waals surface area contributed by atoms with E-state index in [-0.39, 0.29) is 0 Å². The van der Waals surface area contributed by atoms with E-state index >= 15 is 0 Å². The summed E-state index contributed by atoms with van der Waals surface area (Å²) in [5.74, 6) is 0.846. The first kappa shape index (κ1) is 8.06. The standard InChI is InChI=1S/C9H18O/c1-4-5-10-7-8-6-9(8,2)3/h8H,4-7H2,1-3H3. The lowest BCUT2D eigenvalue weighted by atomic mass is 10.1. The van der Waals surface area contributed by atoms with Crippen molar-refractivity contribution in [2.75, 3.05) is 13.2 Å². The van der Waals surface area contributed by atoms with Gasteiger partial charge in [-0.25, -0.2) is 0 Å². The molecule has 1 heteroatoms. The van der Waals surface area contributed by atoms with Crippen molar-refractivity contribution in [3.05, 3.63) is 0 Å². The molecule has 0 aromatic heterocycles. The fourth-order valence-electron chi connectivity index (χ4n) is 1.23. The van der Waals surface area contributed by atoms with Crippen LogP contribution in [-0.4, -0.2) is 13.2 Å². The van der Waals surface area contributed by atoms with Crippen LogP contribution in [0.3, 0.4) is 0 Å². The van der Waals surface area contributed by atoms with Gasteiger partial charge in [0, 0.05) is 13.2 Å². The van der Waals surface area contributed by atoms with E-state index in [2.05, 4.69) is 20.8 Å². The van der Waals surface area contributed by atoms with Gasteiger partial charge >= 0.3 is 0 Å². The molecule has 0 radical (unpaired) electrons. The molecule has 1 rings (SSSR count). The van der Waals surface area contributed by atoms with Crippen LogP contribution in [0.2, 0.25) is 0 Å². The predicted molar refractivity (Wildman–Crippen MR) is 43.0 cm³/mol. The van der Waals surface area contributed by atoms with E-state index in [0.717, 1.165) is 25.6 Å². The Kier molecular flexibility index (Phi) is 2.35. The molecule has 1 fully saturated rings. The van der Waals surface area contributed by atoms with Gasteiger partial charge < -0.3 is 4.74 Å². The third kappa shape index (κ3) is 1.98. The summed E-state index contributed by atoms with van der Waals surface area (Å²) >= 11 is 0. The van der Waals surface area contributed by atoms with Crippen LogP contribution in [-0.2, 0) is 4.74 Å². The summed E-state index contributed by atoms with van der Waals surface area (Å²) in [6, 6.07) is 0. The van der Waals surface area contributed by atoms with Gasteiger partial charge in [-0.1, -0.05) is 20.8 Å². The van der Waals surface area contributed by atoms with Crippen molar-refractivity contribution < 1.29 is 4.74 Å². The summed E-state index contributed by atoms with van der Waals surface area (Å²) in [5, 5.41) is 0. The zero-order valence-electron chi connectivity index (χ0n) is 7.31. The highest BCUT2D eigenvalue weighted by molar-refractivity contribution is 4.94. The molecule has 1 saturated carbocycles. The Morgan fingerprint density at radius 2 is 2.10 bits per heavy atom. The van der Waals surface area contributed by atoms with Crippen molar-refractivity contribution in [3.8, 4) is 0 Å². The summed E-state index contributed by atoms with van der Waals surface area (Å²) in [6.45, 7) is 8.70. The maximum Gasteiger partial charge on any atom is 0.0499 e. The summed E-state index contributed by atoms with van der Waals surface area (Å²) in [7, 11) is 0. The van der Waals surface area contributed by atoms with Crippen LogP contribution < -0.4 is 0 Å². The molecule has 0 amide bonds. The van der Waals surface area contributed by atoms with E-state index in [4.69, 9.17) is 4.74 Å². The van der Waals surface area contributed by atoms with Gasteiger partial charge in [0.1, 0.15) is 0 Å². The third-order valence-electron chi connectivity index (χ3n) is 2.39. The van der Waals surface area contributed by atoms with Crippen molar-refractivity contribution in [2.45, 2.75) is 33.6 Å². The van der Waals surface area contributed by atoms with E-state index in [1.807, 2.05) is 0 Å². The topological polar surface area (TPSA) is 9.23 Å². The Labute approximate surface area is 63.8 Å². The highest BCUT2D eigenvalue weighted by Gasteiger charge is 2.45. The molecule has 0 aromatic carbocycles. The normalized spacial score (nSPS) is 28.5. The van der Waals surface area contributed by atoms with E-state index in [1.165, 1.54) is 6.42 Å². The molecule has 0 saturated heterocycles. The van der Waals surface area contributed by atoms with Crippen LogP contribution in [0.15, 0.2) is 0 Å². The Hall–Kier alpha value is -0.0400. The molecule has 1 unspecified atom stereocenters. The number of hydrogen-bond donors (Lipinski definition) is 0. The fourth-order valence-corrected chi connectivity index (χ4v) is 1.23. The van der Waals surface area contributed by atoms with Crippen LogP contribution in [0.25, 0.3) is 0 Å². The lowest BCUT2D eigenvalue weighted by Crippen LogP contribution is -2.01. The lowest BCUT2D eigenvalue weighted by molar-refractivity contribution is 0.117. The van der Waals surface area contributed by atoms with Gasteiger partial charge in [-0.15, -0.1) is 0 Å². The average Bonchev–Trinajstić information content (AvgIpc) is 2.41. The first-order chi connectivity index (χ1) is 4.67. The minimum absolute atomic E-state index is 0.591. The predicted octanol–water partition coefficient (Wildman–Crippen LogP) is 2.46. The summed E-state index contributed by atoms with van der Waals surface area (Å²) in [6.07, 6.45) is 2.50. The van der Waals surface area contributed by atoms with Crippen LogP contribution in [0, 0.1) is 11.3 Å². The zero-order chi connectivity index (χ0) is 7.61.